The molecule has 0 spiro atoms. The molecule has 39 heavy (non-hydrogen) atoms. The maximum atomic E-state index is 13.3. The topological polar surface area (TPSA) is 84.7 Å². The number of carbonyl (C=O) groups is 2. The summed E-state index contributed by atoms with van der Waals surface area (Å²) in [5, 5.41) is 11.3. The van der Waals surface area contributed by atoms with Crippen LogP contribution in [0.1, 0.15) is 34.7 Å². The molecule has 1 N–H and O–H groups in total. The number of imidazole rings is 1. The van der Waals surface area contributed by atoms with Crippen LogP contribution < -0.4 is 4.74 Å². The number of hydrogen-bond acceptors (Lipinski definition) is 5. The molecule has 0 saturated carbocycles. The number of aliphatic hydroxyl groups is 1. The molecule has 1 atom stereocenters. The molecule has 1 fully saturated rings. The molecule has 2 heterocycles. The van der Waals surface area contributed by atoms with Crippen LogP contribution >= 0.6 is 22.6 Å². The number of halogens is 1. The van der Waals surface area contributed by atoms with Crippen molar-refractivity contribution in [3.8, 4) is 5.75 Å². The molecule has 4 aromatic rings. The molecule has 1 aliphatic rings. The third kappa shape index (κ3) is 6.06. The van der Waals surface area contributed by atoms with Crippen LogP contribution in [-0.2, 0) is 22.7 Å². The standard InChI is InChI=1S/C31H28IN3O4/c1-21-4-2-5-22(18-21)19-39-26-12-8-24(9-13-26)29(36)27-28(23-6-10-25(32)11-7-23)35(31(38)30(27)37)16-3-15-34-17-14-33-20-34/h2,4-14,17-18,20,28,36H,3,15-16,19H2,1H3. The molecule has 1 amide bonds. The van der Waals surface area contributed by atoms with Gasteiger partial charge < -0.3 is 19.3 Å². The van der Waals surface area contributed by atoms with Gasteiger partial charge >= 0.3 is 0 Å². The minimum Gasteiger partial charge on any atom is -0.507 e. The number of likely N-dealkylation sites (tertiary alicyclic amines) is 1. The lowest BCUT2D eigenvalue weighted by Gasteiger charge is -2.25. The van der Waals surface area contributed by atoms with E-state index in [0.29, 0.717) is 37.4 Å². The summed E-state index contributed by atoms with van der Waals surface area (Å²) >= 11 is 2.22. The van der Waals surface area contributed by atoms with E-state index in [-0.39, 0.29) is 11.3 Å². The first kappa shape index (κ1) is 26.7. The van der Waals surface area contributed by atoms with E-state index < -0.39 is 17.7 Å². The van der Waals surface area contributed by atoms with Crippen LogP contribution in [-0.4, -0.2) is 37.8 Å². The largest absolute Gasteiger partial charge is 0.507 e. The summed E-state index contributed by atoms with van der Waals surface area (Å²) in [4.78, 5) is 32.1. The molecule has 7 nitrogen and oxygen atoms in total. The Morgan fingerprint density at radius 1 is 1.03 bits per heavy atom. The van der Waals surface area contributed by atoms with Gasteiger partial charge in [0.25, 0.3) is 11.7 Å². The molecule has 1 aromatic heterocycles. The fourth-order valence-electron chi connectivity index (χ4n) is 4.78. The lowest BCUT2D eigenvalue weighted by atomic mass is 9.95. The third-order valence-corrected chi connectivity index (χ3v) is 7.44. The number of aromatic nitrogens is 2. The number of nitrogens with zero attached hydrogens (tertiary/aromatic N) is 3. The Bertz CT molecular complexity index is 1500. The van der Waals surface area contributed by atoms with Gasteiger partial charge in [0.1, 0.15) is 18.1 Å². The Morgan fingerprint density at radius 3 is 2.49 bits per heavy atom. The maximum Gasteiger partial charge on any atom is 0.295 e. The van der Waals surface area contributed by atoms with Crippen LogP contribution in [0.4, 0.5) is 0 Å². The van der Waals surface area contributed by atoms with Crippen molar-refractivity contribution in [1.29, 1.82) is 0 Å². The van der Waals surface area contributed by atoms with Gasteiger partial charge in [-0.1, -0.05) is 42.0 Å². The molecular formula is C31H28IN3O4. The summed E-state index contributed by atoms with van der Waals surface area (Å²) in [6.07, 6.45) is 5.92. The number of ketones is 1. The first-order chi connectivity index (χ1) is 18.9. The van der Waals surface area contributed by atoms with E-state index in [9.17, 15) is 14.7 Å². The van der Waals surface area contributed by atoms with Crippen LogP contribution in [0.3, 0.4) is 0 Å². The van der Waals surface area contributed by atoms with Gasteiger partial charge in [-0.25, -0.2) is 4.98 Å². The monoisotopic (exact) mass is 633 g/mol. The van der Waals surface area contributed by atoms with Crippen molar-refractivity contribution >= 4 is 40.0 Å². The SMILES string of the molecule is Cc1cccc(COc2ccc(C(O)=C3C(=O)C(=O)N(CCCn4ccnc4)C3c3ccc(I)cc3)cc2)c1. The van der Waals surface area contributed by atoms with Crippen molar-refractivity contribution in [1.82, 2.24) is 14.5 Å². The highest BCUT2D eigenvalue weighted by atomic mass is 127. The molecule has 8 heteroatoms. The molecule has 1 unspecified atom stereocenters. The quantitative estimate of drug-likeness (QED) is 0.108. The maximum absolute atomic E-state index is 13.3. The van der Waals surface area contributed by atoms with Crippen LogP contribution in [0.25, 0.3) is 5.76 Å². The number of hydrogen-bond donors (Lipinski definition) is 1. The number of aryl methyl sites for hydroxylation is 2. The zero-order valence-corrected chi connectivity index (χ0v) is 23.6. The highest BCUT2D eigenvalue weighted by Gasteiger charge is 2.45. The summed E-state index contributed by atoms with van der Waals surface area (Å²) in [6, 6.07) is 22.0. The average molecular weight is 633 g/mol. The Hall–Kier alpha value is -3.92. The van der Waals surface area contributed by atoms with Gasteiger partial charge in [0.2, 0.25) is 0 Å². The van der Waals surface area contributed by atoms with Gasteiger partial charge in [-0.3, -0.25) is 9.59 Å². The first-order valence-corrected chi connectivity index (χ1v) is 13.8. The lowest BCUT2D eigenvalue weighted by molar-refractivity contribution is -0.139. The predicted octanol–water partition coefficient (Wildman–Crippen LogP) is 5.89. The highest BCUT2D eigenvalue weighted by molar-refractivity contribution is 14.1. The highest BCUT2D eigenvalue weighted by Crippen LogP contribution is 2.39. The summed E-state index contributed by atoms with van der Waals surface area (Å²) in [5.74, 6) is -0.844. The average Bonchev–Trinajstić information content (AvgIpc) is 3.55. The third-order valence-electron chi connectivity index (χ3n) is 6.72. The normalized spacial score (nSPS) is 16.6. The van der Waals surface area contributed by atoms with Crippen LogP contribution in [0.5, 0.6) is 5.75 Å². The van der Waals surface area contributed by atoms with Gasteiger partial charge in [-0.05, 0) is 83.5 Å². The van der Waals surface area contributed by atoms with Gasteiger partial charge in [0.15, 0.2) is 0 Å². The lowest BCUT2D eigenvalue weighted by Crippen LogP contribution is -2.31. The number of ether oxygens (including phenoxy) is 1. The molecule has 198 valence electrons. The molecule has 5 rings (SSSR count). The summed E-state index contributed by atoms with van der Waals surface area (Å²) < 4.78 is 8.87. The number of Topliss-reactive ketones (excluding diaryl/α,β-unsaturated/α-hetero) is 1. The van der Waals surface area contributed by atoms with E-state index in [1.54, 1.807) is 41.7 Å². The van der Waals surface area contributed by atoms with Gasteiger partial charge in [-0.15, -0.1) is 0 Å². The second-order valence-electron chi connectivity index (χ2n) is 9.50. The van der Waals surface area contributed by atoms with Crippen molar-refractivity contribution in [3.05, 3.63) is 123 Å². The van der Waals surface area contributed by atoms with E-state index in [1.807, 2.05) is 60.2 Å². The van der Waals surface area contributed by atoms with Crippen molar-refractivity contribution in [2.75, 3.05) is 6.54 Å². The van der Waals surface area contributed by atoms with E-state index in [1.165, 1.54) is 0 Å². The van der Waals surface area contributed by atoms with Crippen LogP contribution in [0, 0.1) is 10.5 Å². The van der Waals surface area contributed by atoms with Crippen molar-refractivity contribution < 1.29 is 19.4 Å². The second-order valence-corrected chi connectivity index (χ2v) is 10.7. The second kappa shape index (κ2) is 11.9. The van der Waals surface area contributed by atoms with E-state index in [2.05, 4.69) is 33.6 Å². The van der Waals surface area contributed by atoms with Crippen molar-refractivity contribution in [3.63, 3.8) is 0 Å². The minimum absolute atomic E-state index is 0.0947. The number of rotatable bonds is 9. The molecule has 0 bridgehead atoms. The van der Waals surface area contributed by atoms with E-state index in [4.69, 9.17) is 4.74 Å². The summed E-state index contributed by atoms with van der Waals surface area (Å²) in [5.41, 5.74) is 3.55. The summed E-state index contributed by atoms with van der Waals surface area (Å²) in [6.45, 7) is 3.48. The minimum atomic E-state index is -0.682. The van der Waals surface area contributed by atoms with E-state index >= 15 is 0 Å². The Balaban J connectivity index is 1.41. The number of benzene rings is 3. The molecule has 1 saturated heterocycles. The predicted molar refractivity (Wildman–Crippen MR) is 157 cm³/mol. The van der Waals surface area contributed by atoms with Gasteiger partial charge in [-0.2, -0.15) is 0 Å². The fraction of sp³-hybridized carbons (Fsp3) is 0.194. The molecule has 1 aliphatic heterocycles. The van der Waals surface area contributed by atoms with Crippen LogP contribution in [0.2, 0.25) is 0 Å². The number of aliphatic hydroxyl groups excluding tert-OH is 1. The Kier molecular flexibility index (Phi) is 8.11. The fourth-order valence-corrected chi connectivity index (χ4v) is 5.14. The van der Waals surface area contributed by atoms with Crippen molar-refractivity contribution in [2.45, 2.75) is 32.5 Å². The van der Waals surface area contributed by atoms with Gasteiger partial charge in [0, 0.05) is 34.6 Å². The van der Waals surface area contributed by atoms with Gasteiger partial charge in [0.05, 0.1) is 17.9 Å². The smallest absolute Gasteiger partial charge is 0.295 e. The van der Waals surface area contributed by atoms with E-state index in [0.717, 1.165) is 20.3 Å². The first-order valence-electron chi connectivity index (χ1n) is 12.7. The molecule has 0 aliphatic carbocycles. The summed E-state index contributed by atoms with van der Waals surface area (Å²) in [7, 11) is 0. The zero-order valence-electron chi connectivity index (χ0n) is 21.5. The molecule has 3 aromatic carbocycles. The Morgan fingerprint density at radius 2 is 1.79 bits per heavy atom. The number of carbonyl (C=O) groups excluding carboxylic acids is 2. The molecular weight excluding hydrogens is 605 g/mol. The molecule has 0 radical (unpaired) electrons. The van der Waals surface area contributed by atoms with Crippen molar-refractivity contribution in [2.24, 2.45) is 0 Å². The number of amides is 1. The zero-order chi connectivity index (χ0) is 27.4. The Labute approximate surface area is 240 Å². The van der Waals surface area contributed by atoms with Crippen LogP contribution in [0.15, 0.2) is 97.1 Å².